The number of hydrogen-bond acceptors (Lipinski definition) is 2. The lowest BCUT2D eigenvalue weighted by Gasteiger charge is -2.22. The van der Waals surface area contributed by atoms with Crippen molar-refractivity contribution in [2.75, 3.05) is 0 Å². The average Bonchev–Trinajstić information content (AvgIpc) is 2.94. The van der Waals surface area contributed by atoms with Crippen molar-refractivity contribution in [3.05, 3.63) is 29.8 Å². The molecule has 0 radical (unpaired) electrons. The monoisotopic (exact) mass is 220 g/mol. The highest BCUT2D eigenvalue weighted by Gasteiger charge is 2.46. The highest BCUT2D eigenvalue weighted by Crippen LogP contribution is 2.57. The predicted octanol–water partition coefficient (Wildman–Crippen LogP) is 2.75. The Morgan fingerprint density at radius 2 is 2.19 bits per heavy atom. The first kappa shape index (κ1) is 11.0. The Balaban J connectivity index is 2.28. The van der Waals surface area contributed by atoms with Crippen LogP contribution in [0, 0.1) is 5.41 Å². The summed E-state index contributed by atoms with van der Waals surface area (Å²) in [6.45, 7) is 2.12. The largest absolute Gasteiger partial charge is 0.508 e. The number of carbonyl (C=O) groups is 1. The van der Waals surface area contributed by atoms with Gasteiger partial charge in [-0.1, -0.05) is 19.1 Å². The quantitative estimate of drug-likeness (QED) is 0.820. The van der Waals surface area contributed by atoms with E-state index in [-0.39, 0.29) is 23.5 Å². The number of carboxylic acid groups (broad SMARTS) is 1. The van der Waals surface area contributed by atoms with Crippen LogP contribution in [0.5, 0.6) is 5.75 Å². The van der Waals surface area contributed by atoms with Crippen LogP contribution in [0.15, 0.2) is 24.3 Å². The fourth-order valence-electron chi connectivity index (χ4n) is 2.23. The molecule has 1 aliphatic rings. The van der Waals surface area contributed by atoms with Gasteiger partial charge in [0.15, 0.2) is 0 Å². The van der Waals surface area contributed by atoms with E-state index in [0.717, 1.165) is 18.4 Å². The standard InChI is InChI=1S/C13H16O3/c1-13(5-6-13)11(8-12(15)16)9-3-2-4-10(14)7-9/h2-4,7,11,14H,5-6,8H2,1H3,(H,15,16)/t11-/m1/s1. The fourth-order valence-corrected chi connectivity index (χ4v) is 2.23. The Morgan fingerprint density at radius 3 is 2.69 bits per heavy atom. The summed E-state index contributed by atoms with van der Waals surface area (Å²) >= 11 is 0. The fraction of sp³-hybridized carbons (Fsp3) is 0.462. The number of phenols is 1. The second-order valence-electron chi connectivity index (χ2n) is 4.90. The minimum absolute atomic E-state index is 0.0112. The third-order valence-electron chi connectivity index (χ3n) is 3.53. The van der Waals surface area contributed by atoms with Gasteiger partial charge in [0.25, 0.3) is 0 Å². The average molecular weight is 220 g/mol. The highest BCUT2D eigenvalue weighted by molar-refractivity contribution is 5.68. The lowest BCUT2D eigenvalue weighted by molar-refractivity contribution is -0.137. The third kappa shape index (κ3) is 2.18. The lowest BCUT2D eigenvalue weighted by Crippen LogP contribution is -2.15. The maximum absolute atomic E-state index is 10.9. The van der Waals surface area contributed by atoms with E-state index < -0.39 is 5.97 Å². The Hall–Kier alpha value is -1.51. The second-order valence-corrected chi connectivity index (χ2v) is 4.90. The molecule has 0 heterocycles. The molecule has 1 aromatic carbocycles. The van der Waals surface area contributed by atoms with Gasteiger partial charge in [0.2, 0.25) is 0 Å². The zero-order chi connectivity index (χ0) is 11.8. The first-order valence-electron chi connectivity index (χ1n) is 5.52. The molecule has 1 aromatic rings. The van der Waals surface area contributed by atoms with Gasteiger partial charge >= 0.3 is 5.97 Å². The number of aliphatic carboxylic acids is 1. The molecule has 0 bridgehead atoms. The minimum Gasteiger partial charge on any atom is -0.508 e. The van der Waals surface area contributed by atoms with E-state index in [1.54, 1.807) is 18.2 Å². The van der Waals surface area contributed by atoms with Crippen molar-refractivity contribution in [3.8, 4) is 5.75 Å². The van der Waals surface area contributed by atoms with E-state index in [4.69, 9.17) is 5.11 Å². The third-order valence-corrected chi connectivity index (χ3v) is 3.53. The number of phenolic OH excluding ortho intramolecular Hbond substituents is 1. The Morgan fingerprint density at radius 1 is 1.50 bits per heavy atom. The molecule has 3 heteroatoms. The minimum atomic E-state index is -0.776. The molecular weight excluding hydrogens is 204 g/mol. The van der Waals surface area contributed by atoms with Crippen LogP contribution in [0.3, 0.4) is 0 Å². The van der Waals surface area contributed by atoms with Gasteiger partial charge in [-0.25, -0.2) is 0 Å². The molecule has 16 heavy (non-hydrogen) atoms. The Labute approximate surface area is 94.7 Å². The Kier molecular flexibility index (Phi) is 2.62. The van der Waals surface area contributed by atoms with Gasteiger partial charge < -0.3 is 10.2 Å². The number of aromatic hydroxyl groups is 1. The lowest BCUT2D eigenvalue weighted by atomic mass is 9.82. The van der Waals surface area contributed by atoms with Gasteiger partial charge in [0.1, 0.15) is 5.75 Å². The topological polar surface area (TPSA) is 57.5 Å². The summed E-state index contributed by atoms with van der Waals surface area (Å²) in [6, 6.07) is 6.95. The summed E-state index contributed by atoms with van der Waals surface area (Å²) in [6.07, 6.45) is 2.28. The van der Waals surface area contributed by atoms with Gasteiger partial charge in [-0.3, -0.25) is 4.79 Å². The first-order valence-corrected chi connectivity index (χ1v) is 5.52. The van der Waals surface area contributed by atoms with Crippen LogP contribution in [-0.4, -0.2) is 16.2 Å². The number of rotatable bonds is 4. The van der Waals surface area contributed by atoms with Gasteiger partial charge in [0, 0.05) is 0 Å². The molecule has 1 fully saturated rings. The number of carboxylic acids is 1. The smallest absolute Gasteiger partial charge is 0.303 e. The zero-order valence-electron chi connectivity index (χ0n) is 9.31. The summed E-state index contributed by atoms with van der Waals surface area (Å²) in [5.74, 6) is -0.560. The summed E-state index contributed by atoms with van der Waals surface area (Å²) in [5.41, 5.74) is 1.04. The molecule has 1 aliphatic carbocycles. The summed E-state index contributed by atoms with van der Waals surface area (Å²) in [4.78, 5) is 10.9. The zero-order valence-corrected chi connectivity index (χ0v) is 9.31. The van der Waals surface area contributed by atoms with Crippen LogP contribution in [-0.2, 0) is 4.79 Å². The normalized spacial score (nSPS) is 19.1. The first-order chi connectivity index (χ1) is 7.51. The Bertz CT molecular complexity index is 407. The van der Waals surface area contributed by atoms with Crippen molar-refractivity contribution < 1.29 is 15.0 Å². The number of benzene rings is 1. The summed E-state index contributed by atoms with van der Waals surface area (Å²) < 4.78 is 0. The van der Waals surface area contributed by atoms with Crippen LogP contribution in [0.4, 0.5) is 0 Å². The van der Waals surface area contributed by atoms with Crippen molar-refractivity contribution >= 4 is 5.97 Å². The van der Waals surface area contributed by atoms with Crippen molar-refractivity contribution in [1.29, 1.82) is 0 Å². The van der Waals surface area contributed by atoms with Crippen molar-refractivity contribution in [3.63, 3.8) is 0 Å². The van der Waals surface area contributed by atoms with Gasteiger partial charge in [-0.05, 0) is 41.9 Å². The van der Waals surface area contributed by atoms with Crippen LogP contribution >= 0.6 is 0 Å². The predicted molar refractivity (Wildman–Crippen MR) is 60.4 cm³/mol. The molecule has 1 saturated carbocycles. The molecule has 2 N–H and O–H groups in total. The van der Waals surface area contributed by atoms with Crippen molar-refractivity contribution in [2.24, 2.45) is 5.41 Å². The second kappa shape index (κ2) is 3.81. The van der Waals surface area contributed by atoms with E-state index in [9.17, 15) is 9.90 Å². The molecular formula is C13H16O3. The summed E-state index contributed by atoms with van der Waals surface area (Å²) in [7, 11) is 0. The van der Waals surface area contributed by atoms with Gasteiger partial charge in [-0.2, -0.15) is 0 Å². The van der Waals surface area contributed by atoms with Crippen LogP contribution in [0.25, 0.3) is 0 Å². The van der Waals surface area contributed by atoms with Crippen LogP contribution in [0.2, 0.25) is 0 Å². The van der Waals surface area contributed by atoms with E-state index in [1.807, 2.05) is 6.07 Å². The molecule has 2 rings (SSSR count). The SMILES string of the molecule is CC1([C@H](CC(=O)O)c2cccc(O)c2)CC1. The molecule has 0 amide bonds. The van der Waals surface area contributed by atoms with Gasteiger partial charge in [0.05, 0.1) is 6.42 Å². The molecule has 0 unspecified atom stereocenters. The van der Waals surface area contributed by atoms with Gasteiger partial charge in [-0.15, -0.1) is 0 Å². The van der Waals surface area contributed by atoms with E-state index >= 15 is 0 Å². The van der Waals surface area contributed by atoms with Crippen LogP contribution in [0.1, 0.15) is 37.7 Å². The van der Waals surface area contributed by atoms with E-state index in [2.05, 4.69) is 6.92 Å². The maximum Gasteiger partial charge on any atom is 0.303 e. The van der Waals surface area contributed by atoms with E-state index in [1.165, 1.54) is 0 Å². The van der Waals surface area contributed by atoms with E-state index in [0.29, 0.717) is 0 Å². The summed E-state index contributed by atoms with van der Waals surface area (Å²) in [5, 5.41) is 18.4. The molecule has 86 valence electrons. The molecule has 3 nitrogen and oxygen atoms in total. The molecule has 0 aromatic heterocycles. The molecule has 0 saturated heterocycles. The van der Waals surface area contributed by atoms with Crippen LogP contribution < -0.4 is 0 Å². The number of hydrogen-bond donors (Lipinski definition) is 2. The van der Waals surface area contributed by atoms with Crippen molar-refractivity contribution in [2.45, 2.75) is 32.1 Å². The maximum atomic E-state index is 10.9. The molecule has 0 aliphatic heterocycles. The molecule has 0 spiro atoms. The molecule has 1 atom stereocenters. The highest BCUT2D eigenvalue weighted by atomic mass is 16.4. The van der Waals surface area contributed by atoms with Crippen molar-refractivity contribution in [1.82, 2.24) is 0 Å².